The maximum Gasteiger partial charge on any atom is 0.357 e. The van der Waals surface area contributed by atoms with Crippen molar-refractivity contribution in [3.05, 3.63) is 35.9 Å². The summed E-state index contributed by atoms with van der Waals surface area (Å²) in [7, 11) is -4.07. The summed E-state index contributed by atoms with van der Waals surface area (Å²) in [5, 5.41) is 8.89. The first kappa shape index (κ1) is 16.6. The minimum Gasteiger partial charge on any atom is -0.478 e. The lowest BCUT2D eigenvalue weighted by molar-refractivity contribution is -0.152. The van der Waals surface area contributed by atoms with Crippen LogP contribution >= 0.6 is 0 Å². The molecule has 0 saturated heterocycles. The molecular formula is C13H18FNO4S. The van der Waals surface area contributed by atoms with E-state index in [1.807, 2.05) is 0 Å². The van der Waals surface area contributed by atoms with E-state index in [4.69, 9.17) is 5.11 Å². The van der Waals surface area contributed by atoms with Gasteiger partial charge in [-0.1, -0.05) is 43.7 Å². The van der Waals surface area contributed by atoms with Crippen molar-refractivity contribution in [2.45, 2.75) is 37.7 Å². The van der Waals surface area contributed by atoms with E-state index in [0.29, 0.717) is 12.0 Å². The molecule has 0 fully saturated rings. The Morgan fingerprint density at radius 3 is 2.45 bits per heavy atom. The Bertz CT molecular complexity index is 547. The van der Waals surface area contributed by atoms with Gasteiger partial charge < -0.3 is 5.11 Å². The second kappa shape index (κ2) is 6.81. The van der Waals surface area contributed by atoms with Crippen LogP contribution < -0.4 is 4.72 Å². The van der Waals surface area contributed by atoms with Gasteiger partial charge in [0.15, 0.2) is 0 Å². The van der Waals surface area contributed by atoms with Gasteiger partial charge in [-0.25, -0.2) is 17.6 Å². The zero-order chi connectivity index (χ0) is 15.2. The van der Waals surface area contributed by atoms with Crippen LogP contribution in [0.25, 0.3) is 0 Å². The van der Waals surface area contributed by atoms with E-state index >= 15 is 0 Å². The van der Waals surface area contributed by atoms with Crippen molar-refractivity contribution >= 4 is 16.0 Å². The maximum atomic E-state index is 14.2. The summed E-state index contributed by atoms with van der Waals surface area (Å²) in [6.45, 7) is 1.76. The molecule has 0 spiro atoms. The van der Waals surface area contributed by atoms with E-state index in [9.17, 15) is 17.6 Å². The van der Waals surface area contributed by atoms with Gasteiger partial charge in [-0.05, 0) is 12.0 Å². The molecule has 1 rings (SSSR count). The molecule has 0 radical (unpaired) electrons. The zero-order valence-corrected chi connectivity index (χ0v) is 12.0. The maximum absolute atomic E-state index is 14.2. The van der Waals surface area contributed by atoms with Gasteiger partial charge in [0.1, 0.15) is 0 Å². The number of halogens is 1. The Balaban J connectivity index is 2.84. The molecule has 2 N–H and O–H groups in total. The van der Waals surface area contributed by atoms with Gasteiger partial charge in [0.2, 0.25) is 10.0 Å². The SMILES string of the molecule is CCCCC(F)(NS(=O)(=O)Cc1ccccc1)C(=O)O. The molecule has 0 aromatic heterocycles. The van der Waals surface area contributed by atoms with Gasteiger partial charge in [-0.2, -0.15) is 4.72 Å². The number of hydrogen-bond acceptors (Lipinski definition) is 3. The first-order valence-electron chi connectivity index (χ1n) is 6.27. The van der Waals surface area contributed by atoms with Crippen LogP contribution in [0, 0.1) is 0 Å². The molecule has 0 bridgehead atoms. The van der Waals surface area contributed by atoms with Crippen molar-refractivity contribution in [1.82, 2.24) is 4.72 Å². The second-order valence-corrected chi connectivity index (χ2v) is 6.28. The molecule has 112 valence electrons. The normalized spacial score (nSPS) is 14.7. The van der Waals surface area contributed by atoms with Gasteiger partial charge in [-0.15, -0.1) is 0 Å². The van der Waals surface area contributed by atoms with E-state index in [1.165, 1.54) is 0 Å². The second-order valence-electron chi connectivity index (χ2n) is 4.56. The molecular weight excluding hydrogens is 285 g/mol. The highest BCUT2D eigenvalue weighted by molar-refractivity contribution is 7.88. The number of alkyl halides is 1. The fourth-order valence-corrected chi connectivity index (χ4v) is 3.08. The molecule has 1 atom stereocenters. The van der Waals surface area contributed by atoms with E-state index < -0.39 is 34.0 Å². The summed E-state index contributed by atoms with van der Waals surface area (Å²) in [5.41, 5.74) is 0.461. The number of rotatable bonds is 8. The molecule has 0 saturated carbocycles. The highest BCUT2D eigenvalue weighted by Crippen LogP contribution is 2.19. The average molecular weight is 303 g/mol. The molecule has 0 aliphatic heterocycles. The Labute approximate surface area is 117 Å². The first-order chi connectivity index (χ1) is 9.29. The number of benzene rings is 1. The summed E-state index contributed by atoms with van der Waals surface area (Å²) < 4.78 is 39.6. The van der Waals surface area contributed by atoms with Crippen LogP contribution in [0.5, 0.6) is 0 Å². The number of hydrogen-bond donors (Lipinski definition) is 2. The minimum absolute atomic E-state index is 0.274. The number of sulfonamides is 1. The molecule has 5 nitrogen and oxygen atoms in total. The Hall–Kier alpha value is -1.47. The quantitative estimate of drug-likeness (QED) is 0.720. The first-order valence-corrected chi connectivity index (χ1v) is 7.92. The van der Waals surface area contributed by atoms with Crippen LogP contribution in [0.15, 0.2) is 30.3 Å². The highest BCUT2D eigenvalue weighted by atomic mass is 32.2. The van der Waals surface area contributed by atoms with E-state index in [0.717, 1.165) is 0 Å². The smallest absolute Gasteiger partial charge is 0.357 e. The molecule has 1 unspecified atom stereocenters. The summed E-state index contributed by atoms with van der Waals surface area (Å²) in [5.74, 6) is -5.23. The van der Waals surface area contributed by atoms with Gasteiger partial charge in [0.05, 0.1) is 5.75 Å². The zero-order valence-electron chi connectivity index (χ0n) is 11.2. The lowest BCUT2D eigenvalue weighted by atomic mass is 10.1. The highest BCUT2D eigenvalue weighted by Gasteiger charge is 2.41. The molecule has 0 aliphatic carbocycles. The van der Waals surface area contributed by atoms with Gasteiger partial charge >= 0.3 is 5.97 Å². The molecule has 20 heavy (non-hydrogen) atoms. The molecule has 0 heterocycles. The molecule has 1 aromatic rings. The third-order valence-electron chi connectivity index (χ3n) is 2.73. The van der Waals surface area contributed by atoms with Crippen molar-refractivity contribution < 1.29 is 22.7 Å². The third kappa shape index (κ3) is 4.90. The summed E-state index contributed by atoms with van der Waals surface area (Å²) in [6.07, 6.45) is 0.447. The summed E-state index contributed by atoms with van der Waals surface area (Å²) in [4.78, 5) is 11.0. The number of carbonyl (C=O) groups is 1. The van der Waals surface area contributed by atoms with Gasteiger partial charge in [0.25, 0.3) is 5.79 Å². The Morgan fingerprint density at radius 1 is 1.35 bits per heavy atom. The van der Waals surface area contributed by atoms with Crippen LogP contribution in [-0.2, 0) is 20.6 Å². The molecule has 1 aromatic carbocycles. The summed E-state index contributed by atoms with van der Waals surface area (Å²) >= 11 is 0. The van der Waals surface area contributed by atoms with Crippen molar-refractivity contribution in [2.24, 2.45) is 0 Å². The van der Waals surface area contributed by atoms with Crippen molar-refractivity contribution in [3.8, 4) is 0 Å². The largest absolute Gasteiger partial charge is 0.478 e. The monoisotopic (exact) mass is 303 g/mol. The predicted molar refractivity (Wildman–Crippen MR) is 73.2 cm³/mol. The number of aliphatic carboxylic acids is 1. The number of unbranched alkanes of at least 4 members (excludes halogenated alkanes) is 1. The topological polar surface area (TPSA) is 83.5 Å². The minimum atomic E-state index is -4.07. The van der Waals surface area contributed by atoms with E-state index in [-0.39, 0.29) is 6.42 Å². The lowest BCUT2D eigenvalue weighted by Gasteiger charge is -2.21. The third-order valence-corrected chi connectivity index (χ3v) is 4.08. The number of carboxylic acids is 1. The molecule has 0 aliphatic rings. The van der Waals surface area contributed by atoms with Gasteiger partial charge in [-0.3, -0.25) is 0 Å². The number of carboxylic acid groups (broad SMARTS) is 1. The standard InChI is InChI=1S/C13H18FNO4S/c1-2-3-9-13(14,12(16)17)15-20(18,19)10-11-7-5-4-6-8-11/h4-8,15H,2-3,9-10H2,1H3,(H,16,17). The van der Waals surface area contributed by atoms with E-state index in [2.05, 4.69) is 0 Å². The van der Waals surface area contributed by atoms with Crippen LogP contribution in [-0.4, -0.2) is 25.3 Å². The van der Waals surface area contributed by atoms with Crippen LogP contribution in [0.1, 0.15) is 31.7 Å². The lowest BCUT2D eigenvalue weighted by Crippen LogP contribution is -2.51. The van der Waals surface area contributed by atoms with Crippen LogP contribution in [0.4, 0.5) is 4.39 Å². The Morgan fingerprint density at radius 2 is 1.95 bits per heavy atom. The fraction of sp³-hybridized carbons (Fsp3) is 0.462. The van der Waals surface area contributed by atoms with Crippen LogP contribution in [0.2, 0.25) is 0 Å². The van der Waals surface area contributed by atoms with Crippen LogP contribution in [0.3, 0.4) is 0 Å². The molecule has 0 amide bonds. The van der Waals surface area contributed by atoms with Crippen molar-refractivity contribution in [2.75, 3.05) is 0 Å². The fourth-order valence-electron chi connectivity index (χ4n) is 1.70. The van der Waals surface area contributed by atoms with Crippen molar-refractivity contribution in [3.63, 3.8) is 0 Å². The Kier molecular flexibility index (Phi) is 5.64. The molecule has 7 heteroatoms. The predicted octanol–water partition coefficient (Wildman–Crippen LogP) is 2.05. The van der Waals surface area contributed by atoms with Gasteiger partial charge in [0, 0.05) is 6.42 Å². The number of nitrogens with one attached hydrogen (secondary N) is 1. The van der Waals surface area contributed by atoms with Crippen molar-refractivity contribution in [1.29, 1.82) is 0 Å². The average Bonchev–Trinajstić information content (AvgIpc) is 2.36. The summed E-state index contributed by atoms with van der Waals surface area (Å²) in [6, 6.07) is 8.18. The van der Waals surface area contributed by atoms with E-state index in [1.54, 1.807) is 42.0 Å².